The summed E-state index contributed by atoms with van der Waals surface area (Å²) in [6, 6.07) is 8.41. The van der Waals surface area contributed by atoms with Gasteiger partial charge < -0.3 is 10.0 Å². The van der Waals surface area contributed by atoms with E-state index in [1.54, 1.807) is 29.2 Å². The van der Waals surface area contributed by atoms with Crippen LogP contribution < -0.4 is 5.56 Å². The predicted octanol–water partition coefficient (Wildman–Crippen LogP) is 1.16. The molecule has 27 heavy (non-hydrogen) atoms. The monoisotopic (exact) mass is 365 g/mol. The molecule has 1 fully saturated rings. The van der Waals surface area contributed by atoms with Gasteiger partial charge in [-0.3, -0.25) is 14.2 Å². The van der Waals surface area contributed by atoms with Crippen molar-refractivity contribution in [2.45, 2.75) is 25.4 Å². The lowest BCUT2D eigenvalue weighted by Gasteiger charge is -2.26. The van der Waals surface area contributed by atoms with Crippen molar-refractivity contribution in [3.05, 3.63) is 64.7 Å². The van der Waals surface area contributed by atoms with Crippen LogP contribution in [0, 0.1) is 0 Å². The zero-order valence-electron chi connectivity index (χ0n) is 14.7. The van der Waals surface area contributed by atoms with Crippen molar-refractivity contribution in [3.8, 4) is 0 Å². The van der Waals surface area contributed by atoms with Gasteiger partial charge in [0.15, 0.2) is 0 Å². The number of para-hydroxylation sites is 1. The predicted molar refractivity (Wildman–Crippen MR) is 98.1 cm³/mol. The fourth-order valence-electron chi connectivity index (χ4n) is 3.57. The number of fused-ring (bicyclic) bond motifs is 1. The third-order valence-corrected chi connectivity index (χ3v) is 4.78. The quantitative estimate of drug-likeness (QED) is 0.744. The van der Waals surface area contributed by atoms with E-state index < -0.39 is 0 Å². The molecule has 0 saturated carbocycles. The van der Waals surface area contributed by atoms with Gasteiger partial charge in [-0.25, -0.2) is 15.0 Å². The molecule has 3 heterocycles. The summed E-state index contributed by atoms with van der Waals surface area (Å²) in [5, 5.41) is 9.95. The minimum Gasteiger partial charge on any atom is -0.395 e. The van der Waals surface area contributed by atoms with Gasteiger partial charge >= 0.3 is 0 Å². The molecular formula is C19H19N5O3. The lowest BCUT2D eigenvalue weighted by molar-refractivity contribution is 0.0713. The van der Waals surface area contributed by atoms with Crippen molar-refractivity contribution in [1.29, 1.82) is 0 Å². The van der Waals surface area contributed by atoms with E-state index in [0.29, 0.717) is 29.7 Å². The van der Waals surface area contributed by atoms with Crippen molar-refractivity contribution in [3.63, 3.8) is 0 Å². The zero-order valence-corrected chi connectivity index (χ0v) is 14.7. The van der Waals surface area contributed by atoms with Crippen molar-refractivity contribution in [1.82, 2.24) is 24.4 Å². The number of aromatic nitrogens is 4. The van der Waals surface area contributed by atoms with Crippen molar-refractivity contribution in [2.24, 2.45) is 0 Å². The first-order chi connectivity index (χ1) is 13.2. The molecule has 0 spiro atoms. The summed E-state index contributed by atoms with van der Waals surface area (Å²) >= 11 is 0. The van der Waals surface area contributed by atoms with Gasteiger partial charge in [-0.2, -0.15) is 0 Å². The molecule has 1 unspecified atom stereocenters. The normalized spacial score (nSPS) is 16.8. The Kier molecular flexibility index (Phi) is 4.64. The van der Waals surface area contributed by atoms with Crippen LogP contribution in [-0.2, 0) is 6.54 Å². The molecule has 3 aromatic rings. The number of carbonyl (C=O) groups excluding carboxylic acids is 1. The molecule has 4 rings (SSSR count). The van der Waals surface area contributed by atoms with Crippen LogP contribution in [0.1, 0.15) is 35.3 Å². The molecule has 1 aromatic carbocycles. The Morgan fingerprint density at radius 2 is 1.96 bits per heavy atom. The Morgan fingerprint density at radius 1 is 1.19 bits per heavy atom. The molecule has 1 atom stereocenters. The maximum Gasteiger partial charge on any atom is 0.292 e. The number of amides is 1. The van der Waals surface area contributed by atoms with Crippen LogP contribution in [-0.4, -0.2) is 48.6 Å². The second-order valence-corrected chi connectivity index (χ2v) is 6.40. The van der Waals surface area contributed by atoms with E-state index in [9.17, 15) is 14.7 Å². The van der Waals surface area contributed by atoms with E-state index in [1.165, 1.54) is 17.0 Å². The van der Waals surface area contributed by atoms with Crippen LogP contribution in [0.4, 0.5) is 0 Å². The van der Waals surface area contributed by atoms with E-state index in [2.05, 4.69) is 15.0 Å². The van der Waals surface area contributed by atoms with Crippen molar-refractivity contribution < 1.29 is 9.90 Å². The molecule has 1 aliphatic rings. The second-order valence-electron chi connectivity index (χ2n) is 6.40. The summed E-state index contributed by atoms with van der Waals surface area (Å²) < 4.78 is 1.48. The highest BCUT2D eigenvalue weighted by Gasteiger charge is 2.35. The van der Waals surface area contributed by atoms with Crippen LogP contribution in [0.3, 0.4) is 0 Å². The largest absolute Gasteiger partial charge is 0.395 e. The lowest BCUT2D eigenvalue weighted by atomic mass is 10.1. The molecule has 0 aliphatic carbocycles. The van der Waals surface area contributed by atoms with Crippen LogP contribution >= 0.6 is 0 Å². The number of aliphatic hydroxyl groups excluding tert-OH is 1. The zero-order chi connectivity index (χ0) is 18.8. The topological polar surface area (TPSA) is 101 Å². The molecule has 1 N–H and O–H groups in total. The number of hydrogen-bond acceptors (Lipinski definition) is 6. The summed E-state index contributed by atoms with van der Waals surface area (Å²) in [7, 11) is 0. The average molecular weight is 365 g/mol. The number of nitrogens with zero attached hydrogens (tertiary/aromatic N) is 5. The van der Waals surface area contributed by atoms with Gasteiger partial charge in [0.25, 0.3) is 11.5 Å². The van der Waals surface area contributed by atoms with Gasteiger partial charge in [0, 0.05) is 18.9 Å². The molecule has 8 nitrogen and oxygen atoms in total. The van der Waals surface area contributed by atoms with Crippen molar-refractivity contribution in [2.75, 3.05) is 13.2 Å². The molecule has 1 saturated heterocycles. The van der Waals surface area contributed by atoms with E-state index in [4.69, 9.17) is 0 Å². The number of hydrogen-bond donors (Lipinski definition) is 1. The van der Waals surface area contributed by atoms with Crippen LogP contribution in [0.25, 0.3) is 10.9 Å². The average Bonchev–Trinajstić information content (AvgIpc) is 3.20. The van der Waals surface area contributed by atoms with Gasteiger partial charge in [-0.1, -0.05) is 12.1 Å². The molecule has 8 heteroatoms. The maximum absolute atomic E-state index is 12.9. The van der Waals surface area contributed by atoms with Gasteiger partial charge in [0.05, 0.1) is 30.1 Å². The summed E-state index contributed by atoms with van der Waals surface area (Å²) in [6.07, 6.45) is 4.54. The second kappa shape index (κ2) is 7.24. The summed E-state index contributed by atoms with van der Waals surface area (Å²) in [4.78, 5) is 40.3. The lowest BCUT2D eigenvalue weighted by Crippen LogP contribution is -2.36. The summed E-state index contributed by atoms with van der Waals surface area (Å²) in [5.74, 6) is 0.340. The first-order valence-electron chi connectivity index (χ1n) is 8.89. The van der Waals surface area contributed by atoms with E-state index in [0.717, 1.165) is 6.42 Å². The van der Waals surface area contributed by atoms with Gasteiger partial charge in [0.2, 0.25) is 5.82 Å². The Morgan fingerprint density at radius 3 is 2.74 bits per heavy atom. The number of benzene rings is 1. The minimum absolute atomic E-state index is 0.126. The van der Waals surface area contributed by atoms with Crippen LogP contribution in [0.5, 0.6) is 0 Å². The Balaban J connectivity index is 1.81. The standard InChI is InChI=1S/C19H19N5O3/c25-12-11-24-17(22-14-6-2-1-5-13(14)18(24)26)15-7-3-10-23(15)19(27)16-20-8-4-9-21-16/h1-2,4-6,8-9,15,25H,3,7,10-12H2. The first-order valence-corrected chi connectivity index (χ1v) is 8.89. The van der Waals surface area contributed by atoms with E-state index in [1.807, 2.05) is 6.07 Å². The third kappa shape index (κ3) is 3.08. The van der Waals surface area contributed by atoms with Gasteiger partial charge in [-0.15, -0.1) is 0 Å². The Hall–Kier alpha value is -3.13. The molecule has 1 aliphatic heterocycles. The summed E-state index contributed by atoms with van der Waals surface area (Å²) in [6.45, 7) is 0.491. The Labute approximate surface area is 155 Å². The summed E-state index contributed by atoms with van der Waals surface area (Å²) in [5.41, 5.74) is 0.377. The number of likely N-dealkylation sites (tertiary alicyclic amines) is 1. The number of aliphatic hydroxyl groups is 1. The molecule has 0 bridgehead atoms. The highest BCUT2D eigenvalue weighted by molar-refractivity contribution is 5.91. The van der Waals surface area contributed by atoms with Gasteiger partial charge in [-0.05, 0) is 31.0 Å². The Bertz CT molecular complexity index is 1030. The molecule has 138 valence electrons. The van der Waals surface area contributed by atoms with Crippen LogP contribution in [0.2, 0.25) is 0 Å². The fourth-order valence-corrected chi connectivity index (χ4v) is 3.57. The fraction of sp³-hybridized carbons (Fsp3) is 0.316. The highest BCUT2D eigenvalue weighted by Crippen LogP contribution is 2.32. The maximum atomic E-state index is 12.9. The SMILES string of the molecule is O=C(c1ncccn1)N1CCCC1c1nc2ccccc2c(=O)n1CCO. The number of rotatable bonds is 4. The van der Waals surface area contributed by atoms with E-state index >= 15 is 0 Å². The molecule has 0 radical (unpaired) electrons. The van der Waals surface area contributed by atoms with Gasteiger partial charge in [0.1, 0.15) is 5.82 Å². The molecular weight excluding hydrogens is 346 g/mol. The number of carbonyl (C=O) groups is 1. The third-order valence-electron chi connectivity index (χ3n) is 4.78. The smallest absolute Gasteiger partial charge is 0.292 e. The van der Waals surface area contributed by atoms with Crippen molar-refractivity contribution >= 4 is 16.8 Å². The highest BCUT2D eigenvalue weighted by atomic mass is 16.3. The molecule has 2 aromatic heterocycles. The minimum atomic E-state index is -0.356. The van der Waals surface area contributed by atoms with Crippen LogP contribution in [0.15, 0.2) is 47.5 Å². The molecule has 1 amide bonds. The first kappa shape index (κ1) is 17.3. The van der Waals surface area contributed by atoms with E-state index in [-0.39, 0.29) is 36.5 Å².